The summed E-state index contributed by atoms with van der Waals surface area (Å²) in [6.45, 7) is 5.21. The smallest absolute Gasteiger partial charge is 0.407 e. The number of nitrogens with zero attached hydrogens (tertiary/aromatic N) is 1. The van der Waals surface area contributed by atoms with E-state index in [-0.39, 0.29) is 11.1 Å². The van der Waals surface area contributed by atoms with Gasteiger partial charge in [0.1, 0.15) is 5.60 Å². The number of imide groups is 1. The SMILES string of the molecule is CC(C)(C)OC(=O)NC1CCC1C(=O)ON1C(=O)c2ccccc2C1=O. The molecule has 0 spiro atoms. The van der Waals surface area contributed by atoms with Crippen molar-refractivity contribution in [2.75, 3.05) is 0 Å². The summed E-state index contributed by atoms with van der Waals surface area (Å²) >= 11 is 0. The molecule has 1 aliphatic carbocycles. The maximum Gasteiger partial charge on any atom is 0.407 e. The predicted molar refractivity (Wildman–Crippen MR) is 88.9 cm³/mol. The number of hydrogen-bond donors (Lipinski definition) is 1. The number of fused-ring (bicyclic) bond motifs is 1. The third-order valence-corrected chi connectivity index (χ3v) is 4.22. The van der Waals surface area contributed by atoms with Crippen molar-refractivity contribution >= 4 is 23.9 Å². The fourth-order valence-corrected chi connectivity index (χ4v) is 2.82. The number of rotatable bonds is 3. The van der Waals surface area contributed by atoms with Crippen molar-refractivity contribution in [3.8, 4) is 0 Å². The van der Waals surface area contributed by atoms with Gasteiger partial charge in [0, 0.05) is 6.04 Å². The van der Waals surface area contributed by atoms with Crippen LogP contribution in [0.15, 0.2) is 24.3 Å². The van der Waals surface area contributed by atoms with E-state index in [2.05, 4.69) is 5.32 Å². The highest BCUT2D eigenvalue weighted by molar-refractivity contribution is 6.20. The van der Waals surface area contributed by atoms with E-state index < -0.39 is 41.4 Å². The number of carbonyl (C=O) groups excluding carboxylic acids is 4. The van der Waals surface area contributed by atoms with Gasteiger partial charge in [-0.3, -0.25) is 9.59 Å². The summed E-state index contributed by atoms with van der Waals surface area (Å²) in [5.41, 5.74) is -0.256. The molecule has 0 radical (unpaired) electrons. The topological polar surface area (TPSA) is 102 Å². The molecule has 1 aliphatic heterocycles. The fourth-order valence-electron chi connectivity index (χ4n) is 2.82. The predicted octanol–water partition coefficient (Wildman–Crippen LogP) is 2.04. The Balaban J connectivity index is 1.60. The fraction of sp³-hybridized carbons (Fsp3) is 0.444. The monoisotopic (exact) mass is 360 g/mol. The van der Waals surface area contributed by atoms with Crippen LogP contribution in [0.25, 0.3) is 0 Å². The Morgan fingerprint density at radius 1 is 1.08 bits per heavy atom. The molecule has 138 valence electrons. The summed E-state index contributed by atoms with van der Waals surface area (Å²) < 4.78 is 5.16. The highest BCUT2D eigenvalue weighted by atomic mass is 16.7. The molecule has 3 amide bonds. The van der Waals surface area contributed by atoms with Crippen molar-refractivity contribution in [2.24, 2.45) is 5.92 Å². The molecule has 8 nitrogen and oxygen atoms in total. The van der Waals surface area contributed by atoms with Gasteiger partial charge in [0.2, 0.25) is 0 Å². The number of amides is 3. The van der Waals surface area contributed by atoms with Crippen LogP contribution >= 0.6 is 0 Å². The normalized spacial score (nSPS) is 21.7. The number of carbonyl (C=O) groups is 4. The summed E-state index contributed by atoms with van der Waals surface area (Å²) in [5.74, 6) is -2.71. The first-order chi connectivity index (χ1) is 12.2. The molecule has 3 rings (SSSR count). The molecule has 0 bridgehead atoms. The summed E-state index contributed by atoms with van der Waals surface area (Å²) in [7, 11) is 0. The maximum absolute atomic E-state index is 12.3. The van der Waals surface area contributed by atoms with E-state index in [0.717, 1.165) is 0 Å². The van der Waals surface area contributed by atoms with Crippen LogP contribution in [-0.4, -0.2) is 40.6 Å². The molecule has 0 saturated heterocycles. The quantitative estimate of drug-likeness (QED) is 0.828. The molecule has 2 unspecified atom stereocenters. The summed E-state index contributed by atoms with van der Waals surface area (Å²) in [5, 5.41) is 3.10. The molecule has 26 heavy (non-hydrogen) atoms. The Morgan fingerprint density at radius 2 is 1.65 bits per heavy atom. The number of nitrogens with one attached hydrogen (secondary N) is 1. The van der Waals surface area contributed by atoms with Crippen molar-refractivity contribution in [3.05, 3.63) is 35.4 Å². The van der Waals surface area contributed by atoms with Crippen molar-refractivity contribution < 1.29 is 28.8 Å². The van der Waals surface area contributed by atoms with Crippen LogP contribution in [0.2, 0.25) is 0 Å². The zero-order valence-electron chi connectivity index (χ0n) is 14.8. The summed E-state index contributed by atoms with van der Waals surface area (Å²) in [6.07, 6.45) is 0.449. The van der Waals surface area contributed by atoms with Crippen LogP contribution in [0.1, 0.15) is 54.3 Å². The largest absolute Gasteiger partial charge is 0.444 e. The summed E-state index contributed by atoms with van der Waals surface area (Å²) in [6, 6.07) is 5.80. The second kappa shape index (κ2) is 6.44. The van der Waals surface area contributed by atoms with Crippen molar-refractivity contribution in [1.82, 2.24) is 10.4 Å². The van der Waals surface area contributed by atoms with E-state index in [0.29, 0.717) is 17.9 Å². The average molecular weight is 360 g/mol. The highest BCUT2D eigenvalue weighted by Crippen LogP contribution is 2.31. The van der Waals surface area contributed by atoms with Crippen LogP contribution in [0.4, 0.5) is 4.79 Å². The van der Waals surface area contributed by atoms with Gasteiger partial charge in [0.25, 0.3) is 11.8 Å². The third-order valence-electron chi connectivity index (χ3n) is 4.22. The van der Waals surface area contributed by atoms with Gasteiger partial charge < -0.3 is 14.9 Å². The first kappa shape index (κ1) is 17.9. The zero-order valence-corrected chi connectivity index (χ0v) is 14.8. The van der Waals surface area contributed by atoms with Gasteiger partial charge in [-0.1, -0.05) is 17.2 Å². The van der Waals surface area contributed by atoms with E-state index in [9.17, 15) is 19.2 Å². The molecule has 1 aromatic carbocycles. The molecule has 1 fully saturated rings. The average Bonchev–Trinajstić information content (AvgIpc) is 2.75. The minimum atomic E-state index is -0.730. The maximum atomic E-state index is 12.3. The lowest BCUT2D eigenvalue weighted by atomic mass is 9.80. The van der Waals surface area contributed by atoms with Crippen molar-refractivity contribution in [1.29, 1.82) is 0 Å². The Kier molecular flexibility index (Phi) is 4.43. The van der Waals surface area contributed by atoms with Crippen LogP contribution in [0.3, 0.4) is 0 Å². The molecule has 1 aromatic rings. The molecule has 1 saturated carbocycles. The lowest BCUT2D eigenvalue weighted by molar-refractivity contribution is -0.178. The number of ether oxygens (including phenoxy) is 1. The van der Waals surface area contributed by atoms with Gasteiger partial charge in [-0.2, -0.15) is 0 Å². The Bertz CT molecular complexity index is 747. The second-order valence-corrected chi connectivity index (χ2v) is 7.30. The number of benzene rings is 1. The van der Waals surface area contributed by atoms with Crippen LogP contribution in [0, 0.1) is 5.92 Å². The Labute approximate surface area is 150 Å². The number of hydrogen-bond acceptors (Lipinski definition) is 6. The minimum absolute atomic E-state index is 0.197. The number of alkyl carbamates (subject to hydrolysis) is 1. The Hall–Kier alpha value is -2.90. The number of hydroxylamine groups is 2. The van der Waals surface area contributed by atoms with E-state index in [1.807, 2.05) is 0 Å². The van der Waals surface area contributed by atoms with E-state index in [4.69, 9.17) is 9.57 Å². The van der Waals surface area contributed by atoms with Gasteiger partial charge in [-0.05, 0) is 45.7 Å². The van der Waals surface area contributed by atoms with Gasteiger partial charge in [-0.25, -0.2) is 9.59 Å². The molecule has 1 heterocycles. The van der Waals surface area contributed by atoms with E-state index >= 15 is 0 Å². The van der Waals surface area contributed by atoms with Crippen LogP contribution in [-0.2, 0) is 14.4 Å². The standard InChI is InChI=1S/C18H20N2O6/c1-18(2,3)25-17(24)19-13-9-8-12(13)16(23)26-20-14(21)10-6-4-5-7-11(10)15(20)22/h4-7,12-13H,8-9H2,1-3H3,(H,19,24). The molecule has 0 aromatic heterocycles. The van der Waals surface area contributed by atoms with Crippen LogP contribution in [0.5, 0.6) is 0 Å². The van der Waals surface area contributed by atoms with Crippen LogP contribution < -0.4 is 5.32 Å². The lowest BCUT2D eigenvalue weighted by Crippen LogP contribution is -2.52. The molecule has 2 aliphatic rings. The first-order valence-corrected chi connectivity index (χ1v) is 8.36. The molecular formula is C18H20N2O6. The Morgan fingerprint density at radius 3 is 2.12 bits per heavy atom. The van der Waals surface area contributed by atoms with E-state index in [1.165, 1.54) is 12.1 Å². The van der Waals surface area contributed by atoms with E-state index in [1.54, 1.807) is 32.9 Å². The first-order valence-electron chi connectivity index (χ1n) is 8.36. The summed E-state index contributed by atoms with van der Waals surface area (Å²) in [4.78, 5) is 53.7. The highest BCUT2D eigenvalue weighted by Gasteiger charge is 2.44. The van der Waals surface area contributed by atoms with Crippen molar-refractivity contribution in [3.63, 3.8) is 0 Å². The third kappa shape index (κ3) is 3.40. The second-order valence-electron chi connectivity index (χ2n) is 7.30. The van der Waals surface area contributed by atoms with Gasteiger partial charge in [-0.15, -0.1) is 0 Å². The molecule has 1 N–H and O–H groups in total. The molecule has 8 heteroatoms. The van der Waals surface area contributed by atoms with Crippen molar-refractivity contribution in [2.45, 2.75) is 45.3 Å². The van der Waals surface area contributed by atoms with Gasteiger partial charge in [0.15, 0.2) is 0 Å². The molecular weight excluding hydrogens is 340 g/mol. The van der Waals surface area contributed by atoms with Gasteiger partial charge in [0.05, 0.1) is 17.0 Å². The minimum Gasteiger partial charge on any atom is -0.444 e. The lowest BCUT2D eigenvalue weighted by Gasteiger charge is -2.35. The van der Waals surface area contributed by atoms with Gasteiger partial charge >= 0.3 is 12.1 Å². The zero-order chi connectivity index (χ0) is 19.1. The molecule has 2 atom stereocenters.